The van der Waals surface area contributed by atoms with Gasteiger partial charge in [0.1, 0.15) is 5.75 Å². The first kappa shape index (κ1) is 18.5. The molecule has 0 aliphatic carbocycles. The van der Waals surface area contributed by atoms with Crippen LogP contribution < -0.4 is 10.1 Å². The van der Waals surface area contributed by atoms with E-state index in [1.807, 2.05) is 30.3 Å². The minimum Gasteiger partial charge on any atom is -0.497 e. The normalized spacial score (nSPS) is 16.0. The lowest BCUT2D eigenvalue weighted by Gasteiger charge is -2.42. The molecule has 0 spiro atoms. The highest BCUT2D eigenvalue weighted by molar-refractivity contribution is 5.77. The van der Waals surface area contributed by atoms with E-state index in [1.165, 1.54) is 0 Å². The third-order valence-electron chi connectivity index (χ3n) is 4.31. The predicted octanol–water partition coefficient (Wildman–Crippen LogP) is 3.21. The van der Waals surface area contributed by atoms with Crippen molar-refractivity contribution >= 4 is 5.91 Å². The zero-order valence-electron chi connectivity index (χ0n) is 15.8. The summed E-state index contributed by atoms with van der Waals surface area (Å²) in [6.45, 7) is 7.14. The topological polar surface area (TPSA) is 73.6 Å². The SMILES string of the molecule is COc1ccc(-c2cc(CC3(NC(=O)CC(C)(C)C)COC3)no2)cc1. The number of hydrogen-bond donors (Lipinski definition) is 1. The number of ether oxygens (including phenoxy) is 2. The van der Waals surface area contributed by atoms with Crippen molar-refractivity contribution in [3.63, 3.8) is 0 Å². The van der Waals surface area contributed by atoms with E-state index in [4.69, 9.17) is 14.0 Å². The van der Waals surface area contributed by atoms with Crippen molar-refractivity contribution in [2.45, 2.75) is 39.2 Å². The van der Waals surface area contributed by atoms with E-state index in [1.54, 1.807) is 7.11 Å². The summed E-state index contributed by atoms with van der Waals surface area (Å²) >= 11 is 0. The lowest BCUT2D eigenvalue weighted by Crippen LogP contribution is -2.63. The molecule has 0 bridgehead atoms. The Balaban J connectivity index is 1.67. The van der Waals surface area contributed by atoms with Gasteiger partial charge in [-0.05, 0) is 29.7 Å². The fourth-order valence-electron chi connectivity index (χ4n) is 3.02. The quantitative estimate of drug-likeness (QED) is 0.858. The Bertz CT molecular complexity index is 755. The number of hydrogen-bond acceptors (Lipinski definition) is 5. The Labute approximate surface area is 153 Å². The third kappa shape index (κ3) is 4.43. The van der Waals surface area contributed by atoms with Crippen molar-refractivity contribution in [2.75, 3.05) is 20.3 Å². The molecule has 6 heteroatoms. The van der Waals surface area contributed by atoms with Gasteiger partial charge in [0.2, 0.25) is 5.91 Å². The van der Waals surface area contributed by atoms with E-state index in [-0.39, 0.29) is 11.3 Å². The van der Waals surface area contributed by atoms with Gasteiger partial charge in [0, 0.05) is 24.5 Å². The highest BCUT2D eigenvalue weighted by Crippen LogP contribution is 2.28. The van der Waals surface area contributed by atoms with E-state index >= 15 is 0 Å². The van der Waals surface area contributed by atoms with Crippen molar-refractivity contribution in [3.05, 3.63) is 36.0 Å². The number of aromatic nitrogens is 1. The van der Waals surface area contributed by atoms with Crippen LogP contribution in [0.2, 0.25) is 0 Å². The maximum absolute atomic E-state index is 12.3. The summed E-state index contributed by atoms with van der Waals surface area (Å²) in [5, 5.41) is 7.31. The lowest BCUT2D eigenvalue weighted by atomic mass is 9.88. The molecule has 1 aliphatic rings. The molecular formula is C20H26N2O4. The van der Waals surface area contributed by atoms with Crippen LogP contribution in [0.3, 0.4) is 0 Å². The number of amides is 1. The molecule has 1 aromatic carbocycles. The van der Waals surface area contributed by atoms with Crippen LogP contribution in [-0.2, 0) is 16.0 Å². The molecule has 2 aromatic rings. The zero-order chi connectivity index (χ0) is 18.8. The molecule has 26 heavy (non-hydrogen) atoms. The second-order valence-corrected chi connectivity index (χ2v) is 8.15. The molecule has 0 unspecified atom stereocenters. The molecule has 1 aromatic heterocycles. The van der Waals surface area contributed by atoms with E-state index < -0.39 is 5.54 Å². The van der Waals surface area contributed by atoms with Crippen molar-refractivity contribution < 1.29 is 18.8 Å². The second kappa shape index (κ2) is 7.11. The number of benzene rings is 1. The maximum atomic E-state index is 12.3. The van der Waals surface area contributed by atoms with Gasteiger partial charge in [-0.25, -0.2) is 0 Å². The van der Waals surface area contributed by atoms with Crippen molar-refractivity contribution in [2.24, 2.45) is 5.41 Å². The van der Waals surface area contributed by atoms with Crippen LogP contribution in [0.4, 0.5) is 0 Å². The van der Waals surface area contributed by atoms with Crippen molar-refractivity contribution in [1.82, 2.24) is 10.5 Å². The summed E-state index contributed by atoms with van der Waals surface area (Å²) in [5.74, 6) is 1.53. The first-order valence-corrected chi connectivity index (χ1v) is 8.77. The minimum absolute atomic E-state index is 0.0414. The van der Waals surface area contributed by atoms with Gasteiger partial charge in [0.25, 0.3) is 0 Å². The van der Waals surface area contributed by atoms with Crippen LogP contribution in [0.15, 0.2) is 34.9 Å². The van der Waals surface area contributed by atoms with Crippen LogP contribution >= 0.6 is 0 Å². The molecule has 2 heterocycles. The van der Waals surface area contributed by atoms with Crippen LogP contribution in [0.5, 0.6) is 5.75 Å². The Hall–Kier alpha value is -2.34. The minimum atomic E-state index is -0.392. The number of methoxy groups -OCH3 is 1. The van der Waals surface area contributed by atoms with Gasteiger partial charge in [0.05, 0.1) is 31.6 Å². The van der Waals surface area contributed by atoms with Crippen LogP contribution in [0.25, 0.3) is 11.3 Å². The summed E-state index contributed by atoms with van der Waals surface area (Å²) in [6.07, 6.45) is 1.06. The second-order valence-electron chi connectivity index (χ2n) is 8.15. The highest BCUT2D eigenvalue weighted by atomic mass is 16.5. The number of carbonyl (C=O) groups excluding carboxylic acids is 1. The summed E-state index contributed by atoms with van der Waals surface area (Å²) in [4.78, 5) is 12.3. The molecule has 0 atom stereocenters. The molecule has 3 rings (SSSR count). The standard InChI is InChI=1S/C20H26N2O4/c1-19(2,3)11-18(23)21-20(12-25-13-20)10-15-9-17(26-22-15)14-5-7-16(24-4)8-6-14/h5-9H,10-13H2,1-4H3,(H,21,23). The van der Waals surface area contributed by atoms with E-state index in [0.29, 0.717) is 31.8 Å². The molecular weight excluding hydrogens is 332 g/mol. The molecule has 0 radical (unpaired) electrons. The number of carbonyl (C=O) groups is 1. The highest BCUT2D eigenvalue weighted by Gasteiger charge is 2.41. The summed E-state index contributed by atoms with van der Waals surface area (Å²) in [7, 11) is 1.63. The first-order valence-electron chi connectivity index (χ1n) is 8.77. The Morgan fingerprint density at radius 1 is 1.27 bits per heavy atom. The van der Waals surface area contributed by atoms with Gasteiger partial charge >= 0.3 is 0 Å². The molecule has 0 saturated carbocycles. The largest absolute Gasteiger partial charge is 0.497 e. The van der Waals surface area contributed by atoms with E-state index in [9.17, 15) is 4.79 Å². The van der Waals surface area contributed by atoms with Crippen LogP contribution in [0, 0.1) is 5.41 Å². The summed E-state index contributed by atoms with van der Waals surface area (Å²) in [5.41, 5.74) is 1.29. The smallest absolute Gasteiger partial charge is 0.221 e. The van der Waals surface area contributed by atoms with Crippen molar-refractivity contribution in [3.8, 4) is 17.1 Å². The fraction of sp³-hybridized carbons (Fsp3) is 0.500. The molecule has 140 valence electrons. The monoisotopic (exact) mass is 358 g/mol. The number of rotatable bonds is 6. The van der Waals surface area contributed by atoms with Gasteiger partial charge in [-0.1, -0.05) is 25.9 Å². The lowest BCUT2D eigenvalue weighted by molar-refractivity contribution is -0.134. The van der Waals surface area contributed by atoms with E-state index in [0.717, 1.165) is 17.0 Å². The van der Waals surface area contributed by atoms with Gasteiger partial charge in [0.15, 0.2) is 5.76 Å². The zero-order valence-corrected chi connectivity index (χ0v) is 15.8. The summed E-state index contributed by atoms with van der Waals surface area (Å²) < 4.78 is 16.0. The molecule has 1 N–H and O–H groups in total. The molecule has 6 nitrogen and oxygen atoms in total. The fourth-order valence-corrected chi connectivity index (χ4v) is 3.02. The third-order valence-corrected chi connectivity index (χ3v) is 4.31. The predicted molar refractivity (Wildman–Crippen MR) is 98.0 cm³/mol. The first-order chi connectivity index (χ1) is 12.3. The number of nitrogens with one attached hydrogen (secondary N) is 1. The molecule has 1 fully saturated rings. The molecule has 1 saturated heterocycles. The van der Waals surface area contributed by atoms with Gasteiger partial charge < -0.3 is 19.3 Å². The van der Waals surface area contributed by atoms with Crippen LogP contribution in [0.1, 0.15) is 32.9 Å². The van der Waals surface area contributed by atoms with Gasteiger partial charge in [-0.3, -0.25) is 4.79 Å². The van der Waals surface area contributed by atoms with Gasteiger partial charge in [-0.2, -0.15) is 0 Å². The molecule has 1 amide bonds. The Morgan fingerprint density at radius 3 is 2.50 bits per heavy atom. The number of nitrogens with zero attached hydrogens (tertiary/aromatic N) is 1. The van der Waals surface area contributed by atoms with Crippen molar-refractivity contribution in [1.29, 1.82) is 0 Å². The van der Waals surface area contributed by atoms with Crippen LogP contribution in [-0.4, -0.2) is 36.9 Å². The van der Waals surface area contributed by atoms with E-state index in [2.05, 4.69) is 31.2 Å². The van der Waals surface area contributed by atoms with Gasteiger partial charge in [-0.15, -0.1) is 0 Å². The average molecular weight is 358 g/mol. The average Bonchev–Trinajstić information content (AvgIpc) is 2.99. The summed E-state index contributed by atoms with van der Waals surface area (Å²) in [6, 6.07) is 9.53. The Kier molecular flexibility index (Phi) is 5.05. The Morgan fingerprint density at radius 2 is 1.96 bits per heavy atom. The molecule has 1 aliphatic heterocycles. The maximum Gasteiger partial charge on any atom is 0.221 e.